The Bertz CT molecular complexity index is 515. The van der Waals surface area contributed by atoms with Crippen LogP contribution in [0.2, 0.25) is 0 Å². The number of sulfone groups is 1. The van der Waals surface area contributed by atoms with Crippen molar-refractivity contribution in [1.29, 1.82) is 0 Å². The number of epoxide rings is 1. The third kappa shape index (κ3) is 2.45. The highest BCUT2D eigenvalue weighted by molar-refractivity contribution is 7.94. The maximum atomic E-state index is 12.0. The molecule has 0 N–H and O–H groups in total. The molecule has 2 aliphatic rings. The molecule has 17 heavy (non-hydrogen) atoms. The maximum absolute atomic E-state index is 12.0. The van der Waals surface area contributed by atoms with E-state index in [0.29, 0.717) is 35.3 Å². The van der Waals surface area contributed by atoms with Crippen LogP contribution in [0.4, 0.5) is 0 Å². The summed E-state index contributed by atoms with van der Waals surface area (Å²) in [5, 5.41) is 0.625. The Balaban J connectivity index is 1.77. The molecule has 1 saturated heterocycles. The van der Waals surface area contributed by atoms with Crippen molar-refractivity contribution in [3.8, 4) is 5.75 Å². The molecule has 91 valence electrons. The van der Waals surface area contributed by atoms with Crippen molar-refractivity contribution in [3.63, 3.8) is 0 Å². The minimum absolute atomic E-state index is 0.174. The first-order chi connectivity index (χ1) is 8.16. The van der Waals surface area contributed by atoms with Gasteiger partial charge in [-0.3, -0.25) is 0 Å². The smallest absolute Gasteiger partial charge is 0.185 e. The van der Waals surface area contributed by atoms with Crippen molar-refractivity contribution in [2.75, 3.05) is 13.2 Å². The van der Waals surface area contributed by atoms with Gasteiger partial charge >= 0.3 is 0 Å². The highest BCUT2D eigenvalue weighted by atomic mass is 32.2. The molecule has 0 amide bonds. The lowest BCUT2D eigenvalue weighted by Gasteiger charge is -2.06. The van der Waals surface area contributed by atoms with Gasteiger partial charge in [-0.15, -0.1) is 0 Å². The minimum Gasteiger partial charge on any atom is -0.491 e. The van der Waals surface area contributed by atoms with Crippen LogP contribution < -0.4 is 4.74 Å². The van der Waals surface area contributed by atoms with E-state index in [1.807, 2.05) is 0 Å². The van der Waals surface area contributed by atoms with E-state index in [4.69, 9.17) is 9.47 Å². The molecule has 1 saturated carbocycles. The lowest BCUT2D eigenvalue weighted by Crippen LogP contribution is -2.06. The fraction of sp³-hybridized carbons (Fsp3) is 0.417. The van der Waals surface area contributed by atoms with Crippen molar-refractivity contribution in [3.05, 3.63) is 29.5 Å². The molecule has 0 unspecified atom stereocenters. The zero-order valence-electron chi connectivity index (χ0n) is 9.26. The SMILES string of the molecule is O=S(=O)([C]1CC1)c1cccc(OC[C@@H]2CO2)c1. The van der Waals surface area contributed by atoms with Crippen LogP contribution in [-0.4, -0.2) is 27.7 Å². The highest BCUT2D eigenvalue weighted by Crippen LogP contribution is 2.41. The van der Waals surface area contributed by atoms with Crippen molar-refractivity contribution < 1.29 is 17.9 Å². The monoisotopic (exact) mass is 253 g/mol. The summed E-state index contributed by atoms with van der Waals surface area (Å²) in [6.45, 7) is 1.22. The first kappa shape index (κ1) is 11.0. The Morgan fingerprint density at radius 3 is 2.76 bits per heavy atom. The molecule has 1 heterocycles. The summed E-state index contributed by atoms with van der Waals surface area (Å²) in [5.74, 6) is 0.586. The fourth-order valence-corrected chi connectivity index (χ4v) is 3.07. The molecule has 3 rings (SSSR count). The normalized spacial score (nSPS) is 23.4. The van der Waals surface area contributed by atoms with Gasteiger partial charge in [0.25, 0.3) is 0 Å². The summed E-state index contributed by atoms with van der Waals surface area (Å²) >= 11 is 0. The Hall–Kier alpha value is -1.07. The zero-order valence-corrected chi connectivity index (χ0v) is 10.1. The van der Waals surface area contributed by atoms with Gasteiger partial charge in [-0.25, -0.2) is 8.42 Å². The number of ether oxygens (including phenoxy) is 2. The first-order valence-corrected chi connectivity index (χ1v) is 7.09. The van der Waals surface area contributed by atoms with Gasteiger partial charge in [-0.05, 0) is 31.0 Å². The van der Waals surface area contributed by atoms with E-state index < -0.39 is 9.84 Å². The minimum atomic E-state index is -3.21. The number of hydrogen-bond acceptors (Lipinski definition) is 4. The van der Waals surface area contributed by atoms with Gasteiger partial charge in [0.15, 0.2) is 9.84 Å². The summed E-state index contributed by atoms with van der Waals surface area (Å²) in [4.78, 5) is 0.333. The van der Waals surface area contributed by atoms with Crippen LogP contribution >= 0.6 is 0 Å². The first-order valence-electron chi connectivity index (χ1n) is 5.60. The van der Waals surface area contributed by atoms with Crippen LogP contribution in [0.1, 0.15) is 12.8 Å². The Morgan fingerprint density at radius 2 is 2.12 bits per heavy atom. The average Bonchev–Trinajstić information content (AvgIpc) is 3.19. The molecular weight excluding hydrogens is 240 g/mol. The van der Waals surface area contributed by atoms with E-state index >= 15 is 0 Å². The molecule has 4 nitrogen and oxygen atoms in total. The standard InChI is InChI=1S/C12H13O4S/c13-17(14,11-4-5-11)12-3-1-2-9(6-12)15-7-10-8-16-10/h1-3,6,10H,4-5,7-8H2/t10-/m1/s1. The molecule has 1 aromatic carbocycles. The second-order valence-electron chi connectivity index (χ2n) is 4.28. The average molecular weight is 253 g/mol. The maximum Gasteiger partial charge on any atom is 0.185 e. The predicted octanol–water partition coefficient (Wildman–Crippen LogP) is 1.56. The lowest BCUT2D eigenvalue weighted by molar-refractivity contribution is 0.262. The largest absolute Gasteiger partial charge is 0.491 e. The molecule has 0 aromatic heterocycles. The third-order valence-electron chi connectivity index (χ3n) is 2.79. The molecule has 0 spiro atoms. The zero-order chi connectivity index (χ0) is 11.9. The van der Waals surface area contributed by atoms with Crippen molar-refractivity contribution in [1.82, 2.24) is 0 Å². The number of hydrogen-bond donors (Lipinski definition) is 0. The van der Waals surface area contributed by atoms with Gasteiger partial charge in [-0.1, -0.05) is 6.07 Å². The van der Waals surface area contributed by atoms with Crippen molar-refractivity contribution in [2.24, 2.45) is 0 Å². The Morgan fingerprint density at radius 1 is 1.35 bits per heavy atom. The Kier molecular flexibility index (Phi) is 2.60. The van der Waals surface area contributed by atoms with Gasteiger partial charge < -0.3 is 9.47 Å². The van der Waals surface area contributed by atoms with Gasteiger partial charge in [0, 0.05) is 0 Å². The number of benzene rings is 1. The second kappa shape index (κ2) is 3.99. The van der Waals surface area contributed by atoms with Crippen LogP contribution in [0, 0.1) is 5.25 Å². The summed E-state index contributed by atoms with van der Waals surface area (Å²) in [6, 6.07) is 6.67. The third-order valence-corrected chi connectivity index (χ3v) is 4.83. The molecule has 2 fully saturated rings. The molecule has 1 radical (unpaired) electrons. The molecule has 1 aromatic rings. The topological polar surface area (TPSA) is 55.9 Å². The van der Waals surface area contributed by atoms with Gasteiger partial charge in [0.1, 0.15) is 18.5 Å². The predicted molar refractivity (Wildman–Crippen MR) is 61.3 cm³/mol. The van der Waals surface area contributed by atoms with Gasteiger partial charge in [-0.2, -0.15) is 0 Å². The van der Waals surface area contributed by atoms with Gasteiger partial charge in [0.05, 0.1) is 16.8 Å². The summed E-state index contributed by atoms with van der Waals surface area (Å²) in [6.07, 6.45) is 1.57. The molecule has 1 aliphatic carbocycles. The quantitative estimate of drug-likeness (QED) is 0.747. The van der Waals surface area contributed by atoms with Gasteiger partial charge in [0.2, 0.25) is 0 Å². The lowest BCUT2D eigenvalue weighted by atomic mass is 10.3. The van der Waals surface area contributed by atoms with Crippen LogP contribution in [0.5, 0.6) is 5.75 Å². The number of rotatable bonds is 5. The van der Waals surface area contributed by atoms with E-state index in [0.717, 1.165) is 6.61 Å². The van der Waals surface area contributed by atoms with Crippen LogP contribution in [0.15, 0.2) is 29.2 Å². The summed E-state index contributed by atoms with van der Waals surface area (Å²) in [5.41, 5.74) is 0. The molecule has 5 heteroatoms. The molecule has 1 aliphatic heterocycles. The fourth-order valence-electron chi connectivity index (χ4n) is 1.57. The second-order valence-corrected chi connectivity index (χ2v) is 6.34. The molecular formula is C12H13O4S. The molecule has 1 atom stereocenters. The van der Waals surface area contributed by atoms with Crippen LogP contribution in [-0.2, 0) is 14.6 Å². The van der Waals surface area contributed by atoms with E-state index in [-0.39, 0.29) is 6.10 Å². The van der Waals surface area contributed by atoms with E-state index in [1.54, 1.807) is 24.3 Å². The van der Waals surface area contributed by atoms with Crippen molar-refractivity contribution in [2.45, 2.75) is 23.8 Å². The van der Waals surface area contributed by atoms with E-state index in [9.17, 15) is 8.42 Å². The highest BCUT2D eigenvalue weighted by Gasteiger charge is 2.38. The Labute approximate surface area is 100 Å². The van der Waals surface area contributed by atoms with E-state index in [2.05, 4.69) is 0 Å². The molecule has 0 bridgehead atoms. The summed E-state index contributed by atoms with van der Waals surface area (Å²) < 4.78 is 34.5. The van der Waals surface area contributed by atoms with E-state index in [1.165, 1.54) is 0 Å². The summed E-state index contributed by atoms with van der Waals surface area (Å²) in [7, 11) is -3.21. The van der Waals surface area contributed by atoms with Crippen LogP contribution in [0.3, 0.4) is 0 Å². The van der Waals surface area contributed by atoms with Crippen molar-refractivity contribution >= 4 is 9.84 Å². The van der Waals surface area contributed by atoms with Crippen LogP contribution in [0.25, 0.3) is 0 Å².